The number of ether oxygens (including phenoxy) is 1. The van der Waals surface area contributed by atoms with Gasteiger partial charge < -0.3 is 14.6 Å². The highest BCUT2D eigenvalue weighted by Gasteiger charge is 2.47. The molecule has 2 saturated heterocycles. The van der Waals surface area contributed by atoms with Crippen LogP contribution in [0.1, 0.15) is 36.0 Å². The fourth-order valence-corrected chi connectivity index (χ4v) is 3.79. The first-order chi connectivity index (χ1) is 9.88. The van der Waals surface area contributed by atoms with Crippen LogP contribution in [0, 0.1) is 5.21 Å². The first-order valence-corrected chi connectivity index (χ1v) is 7.86. The van der Waals surface area contributed by atoms with E-state index < -0.39 is 5.97 Å². The highest BCUT2D eigenvalue weighted by Crippen LogP contribution is 2.41. The highest BCUT2D eigenvalue weighted by atomic mass is 35.5. The summed E-state index contributed by atoms with van der Waals surface area (Å²) in [5.41, 5.74) is 0.390. The number of hydrogen-bond donors (Lipinski definition) is 0. The lowest BCUT2D eigenvalue weighted by Crippen LogP contribution is -2.54. The molecule has 21 heavy (non-hydrogen) atoms. The Morgan fingerprint density at radius 1 is 1.24 bits per heavy atom. The molecule has 1 aromatic rings. The SMILES string of the molecule is C[N+]1([O-])C2CCC1CC(OC(=O)c1ccc(Cl)c(Cl)c1)C2. The van der Waals surface area contributed by atoms with Gasteiger partial charge in [0.25, 0.3) is 0 Å². The molecule has 0 amide bonds. The molecule has 2 aliphatic rings. The number of nitrogens with zero attached hydrogens (tertiary/aromatic N) is 1. The maximum Gasteiger partial charge on any atom is 0.338 e. The van der Waals surface area contributed by atoms with Crippen molar-refractivity contribution < 1.29 is 14.2 Å². The Kier molecular flexibility index (Phi) is 3.91. The predicted octanol–water partition coefficient (Wildman–Crippen LogP) is 3.79. The Bertz CT molecular complexity index is 560. The van der Waals surface area contributed by atoms with Gasteiger partial charge in [0.2, 0.25) is 0 Å². The quantitative estimate of drug-likeness (QED) is 0.471. The van der Waals surface area contributed by atoms with Gasteiger partial charge in [-0.3, -0.25) is 0 Å². The third kappa shape index (κ3) is 2.78. The van der Waals surface area contributed by atoms with E-state index in [1.165, 1.54) is 6.07 Å². The summed E-state index contributed by atoms with van der Waals surface area (Å²) in [6.45, 7) is 0. The molecule has 3 rings (SSSR count). The van der Waals surface area contributed by atoms with Crippen molar-refractivity contribution in [1.29, 1.82) is 0 Å². The number of hydroxylamine groups is 3. The smallest absolute Gasteiger partial charge is 0.338 e. The van der Waals surface area contributed by atoms with Gasteiger partial charge in [-0.1, -0.05) is 23.2 Å². The van der Waals surface area contributed by atoms with Crippen LogP contribution in [-0.2, 0) is 4.74 Å². The number of hydrogen-bond acceptors (Lipinski definition) is 3. The van der Waals surface area contributed by atoms with Crippen molar-refractivity contribution in [3.63, 3.8) is 0 Å². The molecule has 0 saturated carbocycles. The zero-order chi connectivity index (χ0) is 15.2. The fraction of sp³-hybridized carbons (Fsp3) is 0.533. The van der Waals surface area contributed by atoms with Crippen LogP contribution in [-0.4, -0.2) is 35.9 Å². The van der Waals surface area contributed by atoms with Gasteiger partial charge in [0, 0.05) is 25.7 Å². The van der Waals surface area contributed by atoms with Crippen LogP contribution in [0.15, 0.2) is 18.2 Å². The van der Waals surface area contributed by atoms with E-state index in [9.17, 15) is 10.0 Å². The van der Waals surface area contributed by atoms with Crippen molar-refractivity contribution in [2.45, 2.75) is 43.9 Å². The second kappa shape index (κ2) is 5.43. The summed E-state index contributed by atoms with van der Waals surface area (Å²) in [4.78, 5) is 12.2. The van der Waals surface area contributed by atoms with Gasteiger partial charge in [0.1, 0.15) is 6.10 Å². The van der Waals surface area contributed by atoms with Crippen LogP contribution in [0.4, 0.5) is 0 Å². The van der Waals surface area contributed by atoms with Crippen molar-refractivity contribution in [1.82, 2.24) is 0 Å². The van der Waals surface area contributed by atoms with Gasteiger partial charge in [-0.25, -0.2) is 4.79 Å². The van der Waals surface area contributed by atoms with Gasteiger partial charge in [0.15, 0.2) is 0 Å². The maximum absolute atomic E-state index is 12.4. The van der Waals surface area contributed by atoms with Crippen LogP contribution in [0.25, 0.3) is 0 Å². The Morgan fingerprint density at radius 2 is 1.86 bits per heavy atom. The van der Waals surface area contributed by atoms with Crippen molar-refractivity contribution in [2.24, 2.45) is 0 Å². The summed E-state index contributed by atoms with van der Waals surface area (Å²) >= 11 is 11.7. The van der Waals surface area contributed by atoms with Crippen LogP contribution in [0.2, 0.25) is 10.0 Å². The number of carbonyl (C=O) groups is 1. The molecule has 6 heteroatoms. The Balaban J connectivity index is 1.68. The topological polar surface area (TPSA) is 49.4 Å². The number of quaternary nitrogens is 1. The number of fused-ring (bicyclic) bond motifs is 2. The van der Waals surface area contributed by atoms with Gasteiger partial charge in [-0.15, -0.1) is 0 Å². The molecular weight excluding hydrogens is 313 g/mol. The number of rotatable bonds is 2. The number of esters is 1. The van der Waals surface area contributed by atoms with Crippen molar-refractivity contribution in [3.8, 4) is 0 Å². The minimum absolute atomic E-state index is 0.0513. The molecule has 0 N–H and O–H groups in total. The second-order valence-electron chi connectivity index (χ2n) is 6.07. The van der Waals surface area contributed by atoms with E-state index >= 15 is 0 Å². The molecule has 2 bridgehead atoms. The van der Waals surface area contributed by atoms with Gasteiger partial charge in [0.05, 0.1) is 34.7 Å². The van der Waals surface area contributed by atoms with Gasteiger partial charge in [-0.2, -0.15) is 0 Å². The molecule has 0 spiro atoms. The number of piperidine rings is 1. The molecule has 0 aromatic heterocycles. The zero-order valence-corrected chi connectivity index (χ0v) is 13.2. The molecule has 114 valence electrons. The van der Waals surface area contributed by atoms with Crippen molar-refractivity contribution >= 4 is 29.2 Å². The minimum Gasteiger partial charge on any atom is -0.633 e. The summed E-state index contributed by atoms with van der Waals surface area (Å²) < 4.78 is 5.38. The first kappa shape index (κ1) is 15.1. The zero-order valence-electron chi connectivity index (χ0n) is 11.7. The molecular formula is C15H17Cl2NO3. The average Bonchev–Trinajstić information content (AvgIpc) is 2.62. The summed E-state index contributed by atoms with van der Waals surface area (Å²) in [5, 5.41) is 13.1. The van der Waals surface area contributed by atoms with E-state index in [0.717, 1.165) is 12.8 Å². The molecule has 2 fully saturated rings. The predicted molar refractivity (Wildman–Crippen MR) is 81.3 cm³/mol. The van der Waals surface area contributed by atoms with Crippen LogP contribution < -0.4 is 0 Å². The molecule has 1 aromatic carbocycles. The van der Waals surface area contributed by atoms with E-state index in [1.807, 2.05) is 0 Å². The third-order valence-electron chi connectivity index (χ3n) is 4.78. The number of benzene rings is 1. The second-order valence-corrected chi connectivity index (χ2v) is 6.89. The lowest BCUT2D eigenvalue weighted by molar-refractivity contribution is -0.903. The average molecular weight is 330 g/mol. The van der Waals surface area contributed by atoms with Crippen molar-refractivity contribution in [2.75, 3.05) is 7.05 Å². The third-order valence-corrected chi connectivity index (χ3v) is 5.52. The first-order valence-electron chi connectivity index (χ1n) is 7.11. The van der Waals surface area contributed by atoms with Crippen LogP contribution in [0.3, 0.4) is 0 Å². The van der Waals surface area contributed by atoms with Crippen LogP contribution >= 0.6 is 23.2 Å². The summed E-state index contributed by atoms with van der Waals surface area (Å²) in [6.07, 6.45) is 2.95. The Morgan fingerprint density at radius 3 is 2.43 bits per heavy atom. The largest absolute Gasteiger partial charge is 0.633 e. The Hall–Kier alpha value is -0.810. The van der Waals surface area contributed by atoms with Gasteiger partial charge in [-0.05, 0) is 18.2 Å². The van der Waals surface area contributed by atoms with E-state index in [2.05, 4.69) is 0 Å². The molecule has 0 aliphatic carbocycles. The molecule has 0 radical (unpaired) electrons. The molecule has 2 aliphatic heterocycles. The molecule has 2 unspecified atom stereocenters. The number of halogens is 2. The molecule has 4 nitrogen and oxygen atoms in total. The molecule has 2 atom stereocenters. The molecule has 2 heterocycles. The highest BCUT2D eigenvalue weighted by molar-refractivity contribution is 6.42. The minimum atomic E-state index is -0.403. The van der Waals surface area contributed by atoms with Gasteiger partial charge >= 0.3 is 5.97 Å². The number of carbonyl (C=O) groups excluding carboxylic acids is 1. The lowest BCUT2D eigenvalue weighted by atomic mass is 9.99. The van der Waals surface area contributed by atoms with E-state index in [0.29, 0.717) is 28.5 Å². The Labute approximate surface area is 133 Å². The maximum atomic E-state index is 12.4. The van der Waals surface area contributed by atoms with E-state index in [4.69, 9.17) is 27.9 Å². The standard InChI is InChI=1S/C15H17Cl2NO3/c1-18(20)10-3-4-11(18)8-12(7-10)21-15(19)9-2-5-13(16)14(17)6-9/h2,5-6,10-12H,3-4,7-8H2,1H3. The summed E-state index contributed by atoms with van der Waals surface area (Å²) in [7, 11) is 1.74. The van der Waals surface area contributed by atoms with Crippen LogP contribution in [0.5, 0.6) is 0 Å². The van der Waals surface area contributed by atoms with E-state index in [1.54, 1.807) is 19.2 Å². The van der Waals surface area contributed by atoms with E-state index in [-0.39, 0.29) is 22.8 Å². The monoisotopic (exact) mass is 329 g/mol. The fourth-order valence-electron chi connectivity index (χ4n) is 3.49. The normalized spacial score (nSPS) is 34.8. The van der Waals surface area contributed by atoms with Crippen molar-refractivity contribution in [3.05, 3.63) is 39.0 Å². The summed E-state index contributed by atoms with van der Waals surface area (Å²) in [5.74, 6) is -0.403. The summed E-state index contributed by atoms with van der Waals surface area (Å²) in [6, 6.07) is 4.79. The lowest BCUT2D eigenvalue weighted by Gasteiger charge is -2.50.